The normalized spacial score (nSPS) is 15.1. The topological polar surface area (TPSA) is 51.8 Å². The second-order valence-corrected chi connectivity index (χ2v) is 9.43. The van der Waals surface area contributed by atoms with Crippen LogP contribution in [0.25, 0.3) is 44.5 Å². The molecule has 0 bridgehead atoms. The minimum Gasteiger partial charge on any atom is -0.455 e. The van der Waals surface area contributed by atoms with Gasteiger partial charge in [-0.1, -0.05) is 39.0 Å². The Bertz CT molecular complexity index is 1680. The number of aryl methyl sites for hydroxylation is 3. The summed E-state index contributed by atoms with van der Waals surface area (Å²) in [6, 6.07) is 15.2. The monoisotopic (exact) mass is 440 g/mol. The third-order valence-corrected chi connectivity index (χ3v) is 5.45. The highest BCUT2D eigenvalue weighted by atomic mass is 16.3. The van der Waals surface area contributed by atoms with Gasteiger partial charge in [-0.3, -0.25) is 4.98 Å². The van der Waals surface area contributed by atoms with Gasteiger partial charge in [-0.2, -0.15) is 0 Å². The molecule has 33 heavy (non-hydrogen) atoms. The van der Waals surface area contributed by atoms with Crippen LogP contribution in [0.15, 0.2) is 59.1 Å². The summed E-state index contributed by atoms with van der Waals surface area (Å²) in [6.45, 7) is 6.57. The van der Waals surface area contributed by atoms with Gasteiger partial charge in [-0.05, 0) is 73.9 Å². The van der Waals surface area contributed by atoms with E-state index in [1.807, 2.05) is 56.3 Å². The van der Waals surface area contributed by atoms with Crippen molar-refractivity contribution in [3.8, 4) is 22.5 Å². The molecule has 0 atom stereocenters. The van der Waals surface area contributed by atoms with Crippen LogP contribution in [0.2, 0.25) is 0 Å². The lowest BCUT2D eigenvalue weighted by atomic mass is 9.86. The Morgan fingerprint density at radius 3 is 2.58 bits per heavy atom. The van der Waals surface area contributed by atoms with Crippen LogP contribution in [0.4, 0.5) is 0 Å². The first-order valence-corrected chi connectivity index (χ1v) is 11.0. The van der Waals surface area contributed by atoms with Gasteiger partial charge in [0, 0.05) is 40.6 Å². The second kappa shape index (κ2) is 7.80. The minimum absolute atomic E-state index is 0.0852. The summed E-state index contributed by atoms with van der Waals surface area (Å²) in [7, 11) is 0. The maximum Gasteiger partial charge on any atom is 0.144 e. The summed E-state index contributed by atoms with van der Waals surface area (Å²) in [5, 5.41) is 1.82. The van der Waals surface area contributed by atoms with E-state index in [2.05, 4.69) is 15.0 Å². The highest BCUT2D eigenvalue weighted by Crippen LogP contribution is 2.37. The molecule has 0 aliphatic carbocycles. The Morgan fingerprint density at radius 2 is 1.82 bits per heavy atom. The van der Waals surface area contributed by atoms with Crippen molar-refractivity contribution in [1.29, 1.82) is 0 Å². The summed E-state index contributed by atoms with van der Waals surface area (Å²) in [6.07, 6.45) is -0.639. The molecule has 0 fully saturated rings. The van der Waals surface area contributed by atoms with Crippen LogP contribution >= 0.6 is 0 Å². The van der Waals surface area contributed by atoms with Gasteiger partial charge in [-0.15, -0.1) is 0 Å². The molecule has 4 heteroatoms. The molecule has 0 saturated heterocycles. The zero-order chi connectivity index (χ0) is 27.6. The molecular formula is C29H29N3O. The van der Waals surface area contributed by atoms with Crippen molar-refractivity contribution in [2.75, 3.05) is 0 Å². The van der Waals surface area contributed by atoms with E-state index in [4.69, 9.17) is 11.3 Å². The number of nitrogens with zero attached hydrogens (tertiary/aromatic N) is 3. The molecule has 0 saturated carbocycles. The van der Waals surface area contributed by atoms with Crippen molar-refractivity contribution < 1.29 is 11.3 Å². The van der Waals surface area contributed by atoms with Gasteiger partial charge < -0.3 is 4.42 Å². The van der Waals surface area contributed by atoms with Gasteiger partial charge in [0.2, 0.25) is 0 Å². The molecule has 0 amide bonds. The first kappa shape index (κ1) is 16.1. The minimum atomic E-state index is -2.50. The fourth-order valence-electron chi connectivity index (χ4n) is 4.13. The lowest BCUT2D eigenvalue weighted by Crippen LogP contribution is -2.10. The van der Waals surface area contributed by atoms with Crippen molar-refractivity contribution in [2.24, 2.45) is 5.41 Å². The summed E-state index contributed by atoms with van der Waals surface area (Å²) in [4.78, 5) is 13.4. The highest BCUT2D eigenvalue weighted by Gasteiger charge is 2.17. The smallest absolute Gasteiger partial charge is 0.144 e. The number of fused-ring (bicyclic) bond motifs is 3. The van der Waals surface area contributed by atoms with Gasteiger partial charge in [0.25, 0.3) is 0 Å². The lowest BCUT2D eigenvalue weighted by molar-refractivity contribution is 0.410. The maximum absolute atomic E-state index is 8.84. The molecule has 3 aromatic heterocycles. The summed E-state index contributed by atoms with van der Waals surface area (Å²) < 4.78 is 48.0. The Labute approximate surface area is 201 Å². The Balaban J connectivity index is 1.71. The van der Waals surface area contributed by atoms with E-state index in [0.29, 0.717) is 28.2 Å². The summed E-state index contributed by atoms with van der Waals surface area (Å²) >= 11 is 0. The van der Waals surface area contributed by atoms with E-state index in [9.17, 15) is 0 Å². The van der Waals surface area contributed by atoms with Crippen LogP contribution in [-0.2, 0) is 6.37 Å². The van der Waals surface area contributed by atoms with Crippen molar-refractivity contribution in [3.05, 3.63) is 77.4 Å². The molecular weight excluding hydrogens is 406 g/mol. The van der Waals surface area contributed by atoms with Gasteiger partial charge in [0.1, 0.15) is 17.0 Å². The van der Waals surface area contributed by atoms with Gasteiger partial charge in [-0.25, -0.2) is 9.97 Å². The van der Waals surface area contributed by atoms with Crippen molar-refractivity contribution in [2.45, 2.75) is 47.8 Å². The Hall–Kier alpha value is -3.53. The van der Waals surface area contributed by atoms with Crippen molar-refractivity contribution in [3.63, 3.8) is 0 Å². The number of rotatable bonds is 3. The van der Waals surface area contributed by atoms with E-state index in [-0.39, 0.29) is 11.1 Å². The first-order chi connectivity index (χ1) is 17.7. The molecule has 0 spiro atoms. The fourth-order valence-corrected chi connectivity index (χ4v) is 4.13. The predicted octanol–water partition coefficient (Wildman–Crippen LogP) is 7.62. The van der Waals surface area contributed by atoms with Crippen LogP contribution in [0.5, 0.6) is 0 Å². The molecule has 5 aromatic rings. The van der Waals surface area contributed by atoms with Gasteiger partial charge in [0.05, 0.1) is 11.4 Å². The second-order valence-electron chi connectivity index (χ2n) is 9.43. The molecule has 3 heterocycles. The van der Waals surface area contributed by atoms with E-state index < -0.39 is 18.6 Å². The van der Waals surface area contributed by atoms with Crippen LogP contribution in [0.3, 0.4) is 0 Å². The van der Waals surface area contributed by atoms with E-state index in [1.165, 1.54) is 6.20 Å². The third-order valence-electron chi connectivity index (χ3n) is 5.45. The molecule has 5 rings (SSSR count). The number of furan rings is 1. The summed E-state index contributed by atoms with van der Waals surface area (Å²) in [5.41, 5.74) is 4.20. The summed E-state index contributed by atoms with van der Waals surface area (Å²) in [5.74, 6) is 0.699. The first-order valence-electron chi connectivity index (χ1n) is 13.5. The van der Waals surface area contributed by atoms with Gasteiger partial charge in [0.15, 0.2) is 0 Å². The maximum atomic E-state index is 8.84. The Kier molecular flexibility index (Phi) is 3.82. The van der Waals surface area contributed by atoms with E-state index >= 15 is 0 Å². The van der Waals surface area contributed by atoms with Crippen LogP contribution in [-0.4, -0.2) is 15.0 Å². The zero-order valence-electron chi connectivity index (χ0n) is 24.4. The van der Waals surface area contributed by atoms with Crippen LogP contribution in [0.1, 0.15) is 50.3 Å². The van der Waals surface area contributed by atoms with Crippen molar-refractivity contribution in [1.82, 2.24) is 15.0 Å². The SMILES string of the molecule is [2H]C([2H])([2H])c1cnc(-c2cccc3c2oc2cc(-c4cc(C)nc(C)n4)ccc23)cc1C([2H])([2H])C(C)(C)C. The molecule has 2 aromatic carbocycles. The van der Waals surface area contributed by atoms with Crippen LogP contribution in [0, 0.1) is 26.1 Å². The predicted molar refractivity (Wildman–Crippen MR) is 135 cm³/mol. The fraction of sp³-hybridized carbons (Fsp3) is 0.276. The van der Waals surface area contributed by atoms with Crippen molar-refractivity contribution >= 4 is 21.9 Å². The van der Waals surface area contributed by atoms with E-state index in [1.54, 1.807) is 26.8 Å². The highest BCUT2D eigenvalue weighted by molar-refractivity contribution is 6.10. The third kappa shape index (κ3) is 4.13. The number of para-hydroxylation sites is 1. The van der Waals surface area contributed by atoms with Gasteiger partial charge >= 0.3 is 0 Å². The molecule has 0 N–H and O–H groups in total. The Morgan fingerprint density at radius 1 is 0.970 bits per heavy atom. The molecule has 166 valence electrons. The van der Waals surface area contributed by atoms with E-state index in [0.717, 1.165) is 27.7 Å². The zero-order valence-corrected chi connectivity index (χ0v) is 19.4. The molecule has 0 aliphatic heterocycles. The number of hydrogen-bond donors (Lipinski definition) is 0. The molecule has 4 nitrogen and oxygen atoms in total. The lowest BCUT2D eigenvalue weighted by Gasteiger charge is -2.20. The molecule has 0 aliphatic rings. The number of hydrogen-bond acceptors (Lipinski definition) is 4. The molecule has 0 unspecified atom stereocenters. The standard InChI is InChI=1S/C29H29N3O/c1-17-16-30-26(13-21(17)15-29(4,5)6)24-9-7-8-23-22-11-10-20(14-27(22)33-28(23)24)25-12-18(2)31-19(3)32-25/h7-14,16H,15H2,1-6H3/i1D3,15D2. The number of pyridine rings is 1. The average Bonchev–Trinajstić information content (AvgIpc) is 3.20. The number of benzene rings is 2. The quantitative estimate of drug-likeness (QED) is 0.289. The molecule has 0 radical (unpaired) electrons. The average molecular weight is 441 g/mol. The van der Waals surface area contributed by atoms with Crippen LogP contribution < -0.4 is 0 Å². The largest absolute Gasteiger partial charge is 0.455 e. The number of aromatic nitrogens is 3.